The highest BCUT2D eigenvalue weighted by molar-refractivity contribution is 7.10. The zero-order valence-electron chi connectivity index (χ0n) is 8.15. The van der Waals surface area contributed by atoms with Crippen LogP contribution in [-0.4, -0.2) is 29.6 Å². The Morgan fingerprint density at radius 1 is 1.50 bits per heavy atom. The van der Waals surface area contributed by atoms with Gasteiger partial charge >= 0.3 is 0 Å². The lowest BCUT2D eigenvalue weighted by Gasteiger charge is -2.38. The van der Waals surface area contributed by atoms with Gasteiger partial charge in [-0.25, -0.2) is 0 Å². The molecule has 0 amide bonds. The summed E-state index contributed by atoms with van der Waals surface area (Å²) in [5, 5.41) is 12.8. The van der Waals surface area contributed by atoms with Crippen LogP contribution in [0.2, 0.25) is 0 Å². The van der Waals surface area contributed by atoms with Crippen LogP contribution in [-0.2, 0) is 5.60 Å². The van der Waals surface area contributed by atoms with E-state index in [4.69, 9.17) is 0 Å². The summed E-state index contributed by atoms with van der Waals surface area (Å²) in [4.78, 5) is 3.64. The van der Waals surface area contributed by atoms with Crippen molar-refractivity contribution in [1.82, 2.24) is 4.90 Å². The van der Waals surface area contributed by atoms with Crippen molar-refractivity contribution >= 4 is 11.3 Å². The Balaban J connectivity index is 1.95. The van der Waals surface area contributed by atoms with Gasteiger partial charge in [0.25, 0.3) is 0 Å². The first kappa shape index (κ1) is 8.89. The normalized spacial score (nSPS) is 41.5. The molecule has 1 N–H and O–H groups in total. The zero-order chi connectivity index (χ0) is 9.60. The SMILES string of the molecule is OC1(c2cccs2)CCN2CCC1C2. The zero-order valence-corrected chi connectivity index (χ0v) is 8.96. The van der Waals surface area contributed by atoms with Crippen LogP contribution in [0.4, 0.5) is 0 Å². The number of hydrogen-bond acceptors (Lipinski definition) is 3. The van der Waals surface area contributed by atoms with Gasteiger partial charge in [-0.1, -0.05) is 6.07 Å². The summed E-state index contributed by atoms with van der Waals surface area (Å²) >= 11 is 1.70. The third kappa shape index (κ3) is 1.16. The summed E-state index contributed by atoms with van der Waals surface area (Å²) in [5.41, 5.74) is -0.513. The minimum Gasteiger partial charge on any atom is -0.384 e. The third-order valence-corrected chi connectivity index (χ3v) is 4.74. The molecule has 3 unspecified atom stereocenters. The highest BCUT2D eigenvalue weighted by Gasteiger charge is 2.46. The minimum absolute atomic E-state index is 0.468. The molecule has 1 aromatic heterocycles. The van der Waals surface area contributed by atoms with E-state index in [1.165, 1.54) is 11.4 Å². The number of piperidine rings is 1. The lowest BCUT2D eigenvalue weighted by molar-refractivity contribution is -0.0471. The second-order valence-electron chi connectivity index (χ2n) is 4.44. The lowest BCUT2D eigenvalue weighted by atomic mass is 9.81. The van der Waals surface area contributed by atoms with E-state index in [-0.39, 0.29) is 0 Å². The molecule has 2 bridgehead atoms. The highest BCUT2D eigenvalue weighted by Crippen LogP contribution is 2.44. The minimum atomic E-state index is -0.513. The van der Waals surface area contributed by atoms with E-state index in [0.29, 0.717) is 5.92 Å². The second kappa shape index (κ2) is 3.05. The van der Waals surface area contributed by atoms with Gasteiger partial charge in [0.15, 0.2) is 0 Å². The van der Waals surface area contributed by atoms with Crippen LogP contribution in [0.5, 0.6) is 0 Å². The summed E-state index contributed by atoms with van der Waals surface area (Å²) in [6.45, 7) is 3.33. The smallest absolute Gasteiger partial charge is 0.104 e. The van der Waals surface area contributed by atoms with Gasteiger partial charge in [-0.3, -0.25) is 0 Å². The van der Waals surface area contributed by atoms with Gasteiger partial charge in [0.2, 0.25) is 0 Å². The van der Waals surface area contributed by atoms with Crippen molar-refractivity contribution in [2.45, 2.75) is 18.4 Å². The average molecular weight is 209 g/mol. The van der Waals surface area contributed by atoms with Crippen molar-refractivity contribution in [1.29, 1.82) is 0 Å². The van der Waals surface area contributed by atoms with Crippen molar-refractivity contribution in [2.24, 2.45) is 5.92 Å². The van der Waals surface area contributed by atoms with Crippen molar-refractivity contribution in [3.63, 3.8) is 0 Å². The summed E-state index contributed by atoms with van der Waals surface area (Å²) in [6, 6.07) is 4.12. The van der Waals surface area contributed by atoms with Crippen LogP contribution in [0.1, 0.15) is 17.7 Å². The van der Waals surface area contributed by atoms with Gasteiger partial charge in [-0.15, -0.1) is 11.3 Å². The molecule has 0 radical (unpaired) electrons. The molecule has 0 aromatic carbocycles. The first-order valence-corrected chi connectivity index (χ1v) is 6.16. The fourth-order valence-corrected chi connectivity index (χ4v) is 3.74. The van der Waals surface area contributed by atoms with Crippen LogP contribution in [0.3, 0.4) is 0 Å². The van der Waals surface area contributed by atoms with Crippen LogP contribution >= 0.6 is 11.3 Å². The Labute approximate surface area is 88.2 Å². The van der Waals surface area contributed by atoms with E-state index >= 15 is 0 Å². The average Bonchev–Trinajstić information content (AvgIpc) is 2.84. The van der Waals surface area contributed by atoms with Gasteiger partial charge in [0.1, 0.15) is 5.60 Å². The molecule has 3 heterocycles. The molecule has 14 heavy (non-hydrogen) atoms. The Morgan fingerprint density at radius 3 is 3.21 bits per heavy atom. The van der Waals surface area contributed by atoms with Crippen LogP contribution < -0.4 is 0 Å². The van der Waals surface area contributed by atoms with Gasteiger partial charge < -0.3 is 10.0 Å². The predicted octanol–water partition coefficient (Wildman–Crippen LogP) is 1.66. The lowest BCUT2D eigenvalue weighted by Crippen LogP contribution is -2.43. The molecule has 0 saturated carbocycles. The summed E-state index contributed by atoms with van der Waals surface area (Å²) in [6.07, 6.45) is 2.08. The number of thiophene rings is 1. The van der Waals surface area contributed by atoms with Crippen molar-refractivity contribution < 1.29 is 5.11 Å². The van der Waals surface area contributed by atoms with Crippen LogP contribution in [0.15, 0.2) is 17.5 Å². The van der Waals surface area contributed by atoms with Crippen molar-refractivity contribution in [2.75, 3.05) is 19.6 Å². The fraction of sp³-hybridized carbons (Fsp3) is 0.636. The Kier molecular flexibility index (Phi) is 1.94. The summed E-state index contributed by atoms with van der Waals surface area (Å²) in [5.74, 6) is 0.468. The maximum absolute atomic E-state index is 10.7. The predicted molar refractivity (Wildman–Crippen MR) is 57.4 cm³/mol. The first-order chi connectivity index (χ1) is 6.79. The maximum Gasteiger partial charge on any atom is 0.104 e. The van der Waals surface area contributed by atoms with E-state index in [1.54, 1.807) is 11.3 Å². The summed E-state index contributed by atoms with van der Waals surface area (Å²) in [7, 11) is 0. The topological polar surface area (TPSA) is 23.5 Å². The highest BCUT2D eigenvalue weighted by atomic mass is 32.1. The summed E-state index contributed by atoms with van der Waals surface area (Å²) < 4.78 is 0. The first-order valence-electron chi connectivity index (χ1n) is 5.28. The van der Waals surface area contributed by atoms with E-state index < -0.39 is 5.60 Å². The number of aliphatic hydroxyl groups is 1. The van der Waals surface area contributed by atoms with Crippen LogP contribution in [0.25, 0.3) is 0 Å². The molecule has 76 valence electrons. The molecule has 3 heteroatoms. The molecular weight excluding hydrogens is 194 g/mol. The monoisotopic (exact) mass is 209 g/mol. The van der Waals surface area contributed by atoms with Gasteiger partial charge in [0.05, 0.1) is 0 Å². The van der Waals surface area contributed by atoms with Gasteiger partial charge in [0, 0.05) is 23.9 Å². The Hall–Kier alpha value is -0.380. The fourth-order valence-electron chi connectivity index (χ4n) is 2.81. The number of rotatable bonds is 1. The van der Waals surface area contributed by atoms with E-state index in [1.807, 2.05) is 6.07 Å². The van der Waals surface area contributed by atoms with Crippen molar-refractivity contribution in [3.8, 4) is 0 Å². The number of nitrogens with zero attached hydrogens (tertiary/aromatic N) is 1. The molecule has 2 saturated heterocycles. The molecule has 0 spiro atoms. The number of fused-ring (bicyclic) bond motifs is 2. The Bertz CT molecular complexity index is 324. The number of hydrogen-bond donors (Lipinski definition) is 1. The van der Waals surface area contributed by atoms with Gasteiger partial charge in [-0.05, 0) is 30.8 Å². The van der Waals surface area contributed by atoms with Gasteiger partial charge in [-0.2, -0.15) is 0 Å². The second-order valence-corrected chi connectivity index (χ2v) is 5.39. The van der Waals surface area contributed by atoms with E-state index in [9.17, 15) is 5.11 Å². The molecular formula is C11H15NOS. The third-order valence-electron chi connectivity index (χ3n) is 3.70. The quantitative estimate of drug-likeness (QED) is 0.760. The molecule has 1 aromatic rings. The maximum atomic E-state index is 10.7. The van der Waals surface area contributed by atoms with E-state index in [2.05, 4.69) is 16.3 Å². The molecule has 3 atom stereocenters. The molecule has 2 aliphatic rings. The molecule has 0 aliphatic carbocycles. The molecule has 2 nitrogen and oxygen atoms in total. The van der Waals surface area contributed by atoms with Crippen LogP contribution in [0, 0.1) is 5.92 Å². The van der Waals surface area contributed by atoms with Crippen molar-refractivity contribution in [3.05, 3.63) is 22.4 Å². The standard InChI is InChI=1S/C11H15NOS/c13-11(10-2-1-7-14-10)4-6-12-5-3-9(11)8-12/h1-2,7,9,13H,3-6,8H2. The van der Waals surface area contributed by atoms with E-state index in [0.717, 1.165) is 25.9 Å². The molecule has 3 rings (SSSR count). The molecule has 2 aliphatic heterocycles. The Morgan fingerprint density at radius 2 is 2.43 bits per heavy atom. The largest absolute Gasteiger partial charge is 0.384 e. The molecule has 2 fully saturated rings.